The summed E-state index contributed by atoms with van der Waals surface area (Å²) in [6.45, 7) is 0. The number of ether oxygens (including phenoxy) is 1. The molecule has 1 aliphatic heterocycles. The largest absolute Gasteiger partial charge is 0.490 e. The standard InChI is InChI=1S/C13H16O2/c14-13-9-5-1-3-7-11(9)15-12-8-4-2-6-10(12)13/h1,3,5,7,10,12-14H,2,4,6,8H2. The van der Waals surface area contributed by atoms with Gasteiger partial charge in [-0.3, -0.25) is 0 Å². The predicted molar refractivity (Wildman–Crippen MR) is 57.8 cm³/mol. The first-order valence-corrected chi connectivity index (χ1v) is 5.80. The van der Waals surface area contributed by atoms with Crippen molar-refractivity contribution in [2.45, 2.75) is 37.9 Å². The molecule has 0 amide bonds. The van der Waals surface area contributed by atoms with Crippen LogP contribution in [0.3, 0.4) is 0 Å². The lowest BCUT2D eigenvalue weighted by molar-refractivity contribution is -0.0231. The minimum Gasteiger partial charge on any atom is -0.490 e. The summed E-state index contributed by atoms with van der Waals surface area (Å²) < 4.78 is 5.95. The van der Waals surface area contributed by atoms with Crippen LogP contribution in [0.2, 0.25) is 0 Å². The maximum atomic E-state index is 10.3. The van der Waals surface area contributed by atoms with Crippen molar-refractivity contribution in [3.63, 3.8) is 0 Å². The molecular weight excluding hydrogens is 188 g/mol. The van der Waals surface area contributed by atoms with Gasteiger partial charge in [-0.15, -0.1) is 0 Å². The Bertz CT molecular complexity index is 361. The van der Waals surface area contributed by atoms with Crippen molar-refractivity contribution >= 4 is 0 Å². The van der Waals surface area contributed by atoms with E-state index in [0.29, 0.717) is 5.92 Å². The minimum atomic E-state index is -0.319. The number of hydrogen-bond donors (Lipinski definition) is 1. The lowest BCUT2D eigenvalue weighted by Crippen LogP contribution is -2.38. The Morgan fingerprint density at radius 1 is 1.13 bits per heavy atom. The summed E-state index contributed by atoms with van der Waals surface area (Å²) in [6, 6.07) is 7.87. The Kier molecular flexibility index (Phi) is 2.17. The molecule has 0 radical (unpaired) electrons. The molecule has 3 rings (SSSR count). The van der Waals surface area contributed by atoms with E-state index in [9.17, 15) is 5.11 Å². The maximum Gasteiger partial charge on any atom is 0.125 e. The Morgan fingerprint density at radius 3 is 2.87 bits per heavy atom. The highest BCUT2D eigenvalue weighted by Crippen LogP contribution is 2.44. The van der Waals surface area contributed by atoms with Crippen LogP contribution in [0.25, 0.3) is 0 Å². The smallest absolute Gasteiger partial charge is 0.125 e. The summed E-state index contributed by atoms with van der Waals surface area (Å²) >= 11 is 0. The number of hydrogen-bond acceptors (Lipinski definition) is 2. The van der Waals surface area contributed by atoms with E-state index in [0.717, 1.165) is 24.2 Å². The molecule has 0 bridgehead atoms. The van der Waals surface area contributed by atoms with Gasteiger partial charge in [-0.1, -0.05) is 24.6 Å². The van der Waals surface area contributed by atoms with Crippen LogP contribution >= 0.6 is 0 Å². The van der Waals surface area contributed by atoms with Gasteiger partial charge in [-0.25, -0.2) is 0 Å². The van der Waals surface area contributed by atoms with E-state index >= 15 is 0 Å². The second-order valence-corrected chi connectivity index (χ2v) is 4.59. The number of rotatable bonds is 0. The molecule has 3 atom stereocenters. The zero-order valence-electron chi connectivity index (χ0n) is 8.73. The molecule has 3 unspecified atom stereocenters. The summed E-state index contributed by atoms with van der Waals surface area (Å²) in [5.41, 5.74) is 0.973. The number of benzene rings is 1. The first-order chi connectivity index (χ1) is 7.36. The van der Waals surface area contributed by atoms with E-state index in [1.54, 1.807) is 0 Å². The van der Waals surface area contributed by atoms with Gasteiger partial charge in [0.15, 0.2) is 0 Å². The number of para-hydroxylation sites is 1. The van der Waals surface area contributed by atoms with Crippen molar-refractivity contribution < 1.29 is 9.84 Å². The third kappa shape index (κ3) is 1.44. The van der Waals surface area contributed by atoms with E-state index < -0.39 is 0 Å². The molecule has 1 fully saturated rings. The van der Waals surface area contributed by atoms with Gasteiger partial charge in [-0.05, 0) is 25.3 Å². The van der Waals surface area contributed by atoms with Crippen molar-refractivity contribution in [3.05, 3.63) is 29.8 Å². The highest BCUT2D eigenvalue weighted by Gasteiger charge is 2.38. The first kappa shape index (κ1) is 9.22. The van der Waals surface area contributed by atoms with Gasteiger partial charge in [0.05, 0.1) is 6.10 Å². The van der Waals surface area contributed by atoms with Gasteiger partial charge < -0.3 is 9.84 Å². The molecule has 1 aromatic rings. The molecule has 1 aliphatic carbocycles. The van der Waals surface area contributed by atoms with Crippen LogP contribution in [0.4, 0.5) is 0 Å². The molecule has 0 saturated heterocycles. The van der Waals surface area contributed by atoms with Crippen molar-refractivity contribution in [2.75, 3.05) is 0 Å². The maximum absolute atomic E-state index is 10.3. The normalized spacial score (nSPS) is 33.8. The van der Waals surface area contributed by atoms with Crippen LogP contribution in [0, 0.1) is 5.92 Å². The van der Waals surface area contributed by atoms with E-state index in [4.69, 9.17) is 4.74 Å². The average Bonchev–Trinajstić information content (AvgIpc) is 2.30. The molecule has 1 heterocycles. The van der Waals surface area contributed by atoms with Crippen LogP contribution in [0.15, 0.2) is 24.3 Å². The molecule has 15 heavy (non-hydrogen) atoms. The van der Waals surface area contributed by atoms with E-state index in [2.05, 4.69) is 0 Å². The topological polar surface area (TPSA) is 29.5 Å². The fraction of sp³-hybridized carbons (Fsp3) is 0.538. The molecule has 1 aromatic carbocycles. The Morgan fingerprint density at radius 2 is 1.93 bits per heavy atom. The summed E-state index contributed by atoms with van der Waals surface area (Å²) in [6.07, 6.45) is 4.57. The second kappa shape index (κ2) is 3.53. The van der Waals surface area contributed by atoms with E-state index in [1.165, 1.54) is 12.8 Å². The lowest BCUT2D eigenvalue weighted by atomic mass is 9.78. The quantitative estimate of drug-likeness (QED) is 0.704. The molecular formula is C13H16O2. The summed E-state index contributed by atoms with van der Waals surface area (Å²) in [5.74, 6) is 1.20. The SMILES string of the molecule is OC1c2ccccc2OC2CCCCC21. The van der Waals surface area contributed by atoms with Crippen molar-refractivity contribution in [1.29, 1.82) is 0 Å². The van der Waals surface area contributed by atoms with Crippen molar-refractivity contribution in [1.82, 2.24) is 0 Å². The van der Waals surface area contributed by atoms with Gasteiger partial charge in [-0.2, -0.15) is 0 Å². The van der Waals surface area contributed by atoms with Crippen LogP contribution in [0.5, 0.6) is 5.75 Å². The number of aliphatic hydroxyl groups is 1. The average molecular weight is 204 g/mol. The second-order valence-electron chi connectivity index (χ2n) is 4.59. The first-order valence-electron chi connectivity index (χ1n) is 5.80. The monoisotopic (exact) mass is 204 g/mol. The summed E-state index contributed by atoms with van der Waals surface area (Å²) in [7, 11) is 0. The molecule has 2 nitrogen and oxygen atoms in total. The highest BCUT2D eigenvalue weighted by atomic mass is 16.5. The Hall–Kier alpha value is -1.02. The zero-order chi connectivity index (χ0) is 10.3. The van der Waals surface area contributed by atoms with Gasteiger partial charge in [0, 0.05) is 11.5 Å². The molecule has 0 aromatic heterocycles. The minimum absolute atomic E-state index is 0.239. The zero-order valence-corrected chi connectivity index (χ0v) is 8.73. The molecule has 2 aliphatic rings. The fourth-order valence-corrected chi connectivity index (χ4v) is 2.86. The third-order valence-electron chi connectivity index (χ3n) is 3.68. The van der Waals surface area contributed by atoms with Gasteiger partial charge >= 0.3 is 0 Å². The van der Waals surface area contributed by atoms with Crippen molar-refractivity contribution in [2.24, 2.45) is 5.92 Å². The highest BCUT2D eigenvalue weighted by molar-refractivity contribution is 5.37. The van der Waals surface area contributed by atoms with Crippen LogP contribution in [-0.4, -0.2) is 11.2 Å². The number of aliphatic hydroxyl groups excluding tert-OH is 1. The van der Waals surface area contributed by atoms with Crippen LogP contribution in [-0.2, 0) is 0 Å². The van der Waals surface area contributed by atoms with Crippen LogP contribution in [0.1, 0.15) is 37.4 Å². The summed E-state index contributed by atoms with van der Waals surface area (Å²) in [4.78, 5) is 0. The van der Waals surface area contributed by atoms with Gasteiger partial charge in [0.25, 0.3) is 0 Å². The number of fused-ring (bicyclic) bond motifs is 2. The molecule has 1 saturated carbocycles. The Balaban J connectivity index is 1.98. The molecule has 1 N–H and O–H groups in total. The van der Waals surface area contributed by atoms with Gasteiger partial charge in [0.1, 0.15) is 11.9 Å². The summed E-state index contributed by atoms with van der Waals surface area (Å²) in [5, 5.41) is 10.3. The third-order valence-corrected chi connectivity index (χ3v) is 3.68. The Labute approximate surface area is 89.9 Å². The van der Waals surface area contributed by atoms with E-state index in [-0.39, 0.29) is 12.2 Å². The van der Waals surface area contributed by atoms with Gasteiger partial charge in [0.2, 0.25) is 0 Å². The molecule has 2 heteroatoms. The lowest BCUT2D eigenvalue weighted by Gasteiger charge is -2.40. The molecule has 0 spiro atoms. The fourth-order valence-electron chi connectivity index (χ4n) is 2.86. The van der Waals surface area contributed by atoms with E-state index in [1.807, 2.05) is 24.3 Å². The predicted octanol–water partition coefficient (Wildman–Crippen LogP) is 2.67. The van der Waals surface area contributed by atoms with Crippen LogP contribution < -0.4 is 4.74 Å². The molecule has 80 valence electrons. The van der Waals surface area contributed by atoms with Crippen molar-refractivity contribution in [3.8, 4) is 5.75 Å².